The fourth-order valence-electron chi connectivity index (χ4n) is 2.05. The zero-order valence-corrected chi connectivity index (χ0v) is 11.0. The molecule has 0 aliphatic carbocycles. The largest absolute Gasteiger partial charge is 0.482 e. The Labute approximate surface area is 115 Å². The molecule has 0 saturated carbocycles. The number of halogens is 2. The summed E-state index contributed by atoms with van der Waals surface area (Å²) in [5.74, 6) is 0.838. The zero-order valence-electron chi connectivity index (χ0n) is 9.49. The first kappa shape index (κ1) is 11.7. The minimum absolute atomic E-state index is 0.119. The molecular weight excluding hydrogens is 269 g/mol. The summed E-state index contributed by atoms with van der Waals surface area (Å²) < 4.78 is 5.95. The average molecular weight is 280 g/mol. The third kappa shape index (κ3) is 2.14. The van der Waals surface area contributed by atoms with Crippen LogP contribution in [0.2, 0.25) is 10.0 Å². The van der Waals surface area contributed by atoms with E-state index in [9.17, 15) is 0 Å². The molecule has 0 aromatic heterocycles. The summed E-state index contributed by atoms with van der Waals surface area (Å²) in [6.45, 7) is 0.678. The molecule has 1 atom stereocenters. The summed E-state index contributed by atoms with van der Waals surface area (Å²) in [5, 5.41) is 4.67. The molecule has 18 heavy (non-hydrogen) atoms. The van der Waals surface area contributed by atoms with E-state index in [-0.39, 0.29) is 6.10 Å². The van der Waals surface area contributed by atoms with Crippen LogP contribution < -0.4 is 10.1 Å². The van der Waals surface area contributed by atoms with Crippen molar-refractivity contribution in [1.82, 2.24) is 0 Å². The minimum Gasteiger partial charge on any atom is -0.482 e. The molecule has 0 fully saturated rings. The van der Waals surface area contributed by atoms with Gasteiger partial charge in [0.15, 0.2) is 0 Å². The van der Waals surface area contributed by atoms with Gasteiger partial charge in [-0.15, -0.1) is 0 Å². The molecule has 0 radical (unpaired) electrons. The van der Waals surface area contributed by atoms with E-state index in [1.54, 1.807) is 12.1 Å². The number of nitrogens with one attached hydrogen (secondary N) is 1. The quantitative estimate of drug-likeness (QED) is 0.828. The second-order valence-corrected chi connectivity index (χ2v) is 4.99. The Morgan fingerprint density at radius 1 is 1.11 bits per heavy atom. The van der Waals surface area contributed by atoms with E-state index < -0.39 is 0 Å². The molecule has 2 nitrogen and oxygen atoms in total. The van der Waals surface area contributed by atoms with Crippen molar-refractivity contribution in [3.63, 3.8) is 0 Å². The van der Waals surface area contributed by atoms with E-state index in [4.69, 9.17) is 27.9 Å². The highest BCUT2D eigenvalue weighted by Gasteiger charge is 2.22. The van der Waals surface area contributed by atoms with Crippen molar-refractivity contribution in [2.24, 2.45) is 0 Å². The zero-order chi connectivity index (χ0) is 12.5. The van der Waals surface area contributed by atoms with Gasteiger partial charge in [-0.1, -0.05) is 35.3 Å². The molecule has 4 heteroatoms. The van der Waals surface area contributed by atoms with E-state index >= 15 is 0 Å². The number of ether oxygens (including phenoxy) is 1. The van der Waals surface area contributed by atoms with Crippen molar-refractivity contribution in [2.45, 2.75) is 6.10 Å². The standard InChI is InChI=1S/C14H11Cl2NO/c15-9-5-6-11(16)10(7-9)14-8-17-12-3-1-2-4-13(12)18-14/h1-7,14,17H,8H2. The first-order valence-electron chi connectivity index (χ1n) is 5.68. The SMILES string of the molecule is Clc1ccc(Cl)c(C2CNc3ccccc3O2)c1. The number of hydrogen-bond donors (Lipinski definition) is 1. The smallest absolute Gasteiger partial charge is 0.143 e. The molecule has 0 amide bonds. The van der Waals surface area contributed by atoms with Crippen LogP contribution in [0.25, 0.3) is 0 Å². The lowest BCUT2D eigenvalue weighted by Crippen LogP contribution is -2.23. The molecule has 1 N–H and O–H groups in total. The number of benzene rings is 2. The molecule has 0 saturated heterocycles. The van der Waals surface area contributed by atoms with Crippen LogP contribution in [0.4, 0.5) is 5.69 Å². The van der Waals surface area contributed by atoms with Crippen LogP contribution in [0.5, 0.6) is 5.75 Å². The summed E-state index contributed by atoms with van der Waals surface area (Å²) in [6.07, 6.45) is -0.119. The van der Waals surface area contributed by atoms with Crippen LogP contribution in [-0.4, -0.2) is 6.54 Å². The molecule has 1 aliphatic rings. The van der Waals surface area contributed by atoms with E-state index in [1.807, 2.05) is 30.3 Å². The van der Waals surface area contributed by atoms with Gasteiger partial charge in [-0.3, -0.25) is 0 Å². The van der Waals surface area contributed by atoms with Crippen molar-refractivity contribution in [3.05, 3.63) is 58.1 Å². The number of rotatable bonds is 1. The predicted octanol–water partition coefficient (Wildman–Crippen LogP) is 4.54. The second-order valence-electron chi connectivity index (χ2n) is 4.15. The van der Waals surface area contributed by atoms with Gasteiger partial charge in [0.2, 0.25) is 0 Å². The van der Waals surface area contributed by atoms with Crippen LogP contribution in [0, 0.1) is 0 Å². The van der Waals surface area contributed by atoms with Gasteiger partial charge in [0.25, 0.3) is 0 Å². The van der Waals surface area contributed by atoms with Crippen LogP contribution in [0.1, 0.15) is 11.7 Å². The van der Waals surface area contributed by atoms with E-state index in [1.165, 1.54) is 0 Å². The molecule has 2 aromatic rings. The highest BCUT2D eigenvalue weighted by molar-refractivity contribution is 6.33. The molecule has 1 heterocycles. The van der Waals surface area contributed by atoms with Crippen LogP contribution in [0.3, 0.4) is 0 Å². The number of hydrogen-bond acceptors (Lipinski definition) is 2. The fourth-order valence-corrected chi connectivity index (χ4v) is 2.47. The van der Waals surface area contributed by atoms with Crippen LogP contribution in [0.15, 0.2) is 42.5 Å². The third-order valence-corrected chi connectivity index (χ3v) is 3.52. The maximum absolute atomic E-state index is 6.19. The summed E-state index contributed by atoms with van der Waals surface area (Å²) in [7, 11) is 0. The van der Waals surface area contributed by atoms with Crippen molar-refractivity contribution >= 4 is 28.9 Å². The predicted molar refractivity (Wildman–Crippen MR) is 74.8 cm³/mol. The van der Waals surface area contributed by atoms with Gasteiger partial charge in [0.05, 0.1) is 12.2 Å². The van der Waals surface area contributed by atoms with Gasteiger partial charge in [0.1, 0.15) is 11.9 Å². The Balaban J connectivity index is 1.94. The molecule has 3 rings (SSSR count). The fraction of sp³-hybridized carbons (Fsp3) is 0.143. The number of fused-ring (bicyclic) bond motifs is 1. The lowest BCUT2D eigenvalue weighted by atomic mass is 10.1. The molecule has 2 aromatic carbocycles. The summed E-state index contributed by atoms with van der Waals surface area (Å²) in [6, 6.07) is 13.3. The highest BCUT2D eigenvalue weighted by Crippen LogP contribution is 2.36. The van der Waals surface area contributed by atoms with Gasteiger partial charge in [0, 0.05) is 15.6 Å². The van der Waals surface area contributed by atoms with Crippen molar-refractivity contribution in [3.8, 4) is 5.75 Å². The Hall–Kier alpha value is -1.38. The van der Waals surface area contributed by atoms with E-state index in [0.717, 1.165) is 17.0 Å². The Bertz CT molecular complexity index is 586. The maximum atomic E-state index is 6.19. The second kappa shape index (κ2) is 4.71. The van der Waals surface area contributed by atoms with Gasteiger partial charge in [-0.2, -0.15) is 0 Å². The summed E-state index contributed by atoms with van der Waals surface area (Å²) in [4.78, 5) is 0. The first-order chi connectivity index (χ1) is 8.74. The van der Waals surface area contributed by atoms with E-state index in [2.05, 4.69) is 5.32 Å². The topological polar surface area (TPSA) is 21.3 Å². The molecule has 1 aliphatic heterocycles. The van der Waals surface area contributed by atoms with Gasteiger partial charge >= 0.3 is 0 Å². The Morgan fingerprint density at radius 2 is 1.94 bits per heavy atom. The number of anilines is 1. The average Bonchev–Trinajstić information content (AvgIpc) is 2.41. The van der Waals surface area contributed by atoms with E-state index in [0.29, 0.717) is 16.6 Å². The van der Waals surface area contributed by atoms with Crippen molar-refractivity contribution < 1.29 is 4.74 Å². The van der Waals surface area contributed by atoms with Gasteiger partial charge in [-0.05, 0) is 30.3 Å². The highest BCUT2D eigenvalue weighted by atomic mass is 35.5. The van der Waals surface area contributed by atoms with Crippen LogP contribution >= 0.6 is 23.2 Å². The molecule has 92 valence electrons. The molecule has 1 unspecified atom stereocenters. The normalized spacial score (nSPS) is 17.6. The lowest BCUT2D eigenvalue weighted by Gasteiger charge is -2.28. The Kier molecular flexibility index (Phi) is 3.06. The summed E-state index contributed by atoms with van der Waals surface area (Å²) >= 11 is 12.2. The third-order valence-electron chi connectivity index (χ3n) is 2.94. The van der Waals surface area contributed by atoms with Crippen molar-refractivity contribution in [2.75, 3.05) is 11.9 Å². The number of para-hydroxylation sites is 2. The van der Waals surface area contributed by atoms with Gasteiger partial charge < -0.3 is 10.1 Å². The summed E-state index contributed by atoms with van der Waals surface area (Å²) in [5.41, 5.74) is 1.91. The molecular formula is C14H11Cl2NO. The molecule has 0 spiro atoms. The monoisotopic (exact) mass is 279 g/mol. The first-order valence-corrected chi connectivity index (χ1v) is 6.44. The maximum Gasteiger partial charge on any atom is 0.143 e. The molecule has 0 bridgehead atoms. The van der Waals surface area contributed by atoms with Crippen molar-refractivity contribution in [1.29, 1.82) is 0 Å². The minimum atomic E-state index is -0.119. The Morgan fingerprint density at radius 3 is 2.83 bits per heavy atom. The van der Waals surface area contributed by atoms with Crippen LogP contribution in [-0.2, 0) is 0 Å². The van der Waals surface area contributed by atoms with Gasteiger partial charge in [-0.25, -0.2) is 0 Å². The lowest BCUT2D eigenvalue weighted by molar-refractivity contribution is 0.210.